The summed E-state index contributed by atoms with van der Waals surface area (Å²) in [5.41, 5.74) is 0.994. The summed E-state index contributed by atoms with van der Waals surface area (Å²) in [4.78, 5) is 0. The van der Waals surface area contributed by atoms with Crippen LogP contribution < -0.4 is 9.47 Å². The van der Waals surface area contributed by atoms with Crippen molar-refractivity contribution >= 4 is 15.9 Å². The van der Waals surface area contributed by atoms with E-state index in [1.165, 1.54) is 7.11 Å². The Morgan fingerprint density at radius 2 is 2.00 bits per heavy atom. The van der Waals surface area contributed by atoms with E-state index in [2.05, 4.69) is 15.9 Å². The second-order valence-corrected chi connectivity index (χ2v) is 3.58. The van der Waals surface area contributed by atoms with Crippen molar-refractivity contribution < 1.29 is 14.6 Å². The van der Waals surface area contributed by atoms with Crippen molar-refractivity contribution in [2.24, 2.45) is 0 Å². The molecule has 0 bridgehead atoms. The number of phenols is 1. The number of halogens is 1. The van der Waals surface area contributed by atoms with Crippen molar-refractivity contribution in [1.82, 2.24) is 0 Å². The molecule has 0 aliphatic heterocycles. The zero-order valence-electron chi connectivity index (χ0n) is 8.43. The number of aromatic hydroxyl groups is 1. The second kappa shape index (κ2) is 4.55. The number of ether oxygens (including phenoxy) is 2. The molecule has 0 aliphatic carbocycles. The molecule has 0 amide bonds. The number of methoxy groups -OCH3 is 2. The Kier molecular flexibility index (Phi) is 3.63. The lowest BCUT2D eigenvalue weighted by molar-refractivity contribution is 0.361. The van der Waals surface area contributed by atoms with E-state index in [0.29, 0.717) is 16.0 Å². The van der Waals surface area contributed by atoms with Gasteiger partial charge in [-0.3, -0.25) is 0 Å². The molecule has 78 valence electrons. The Morgan fingerprint density at radius 1 is 1.36 bits per heavy atom. The van der Waals surface area contributed by atoms with Crippen LogP contribution in [0.5, 0.6) is 17.2 Å². The van der Waals surface area contributed by atoms with Crippen molar-refractivity contribution in [2.75, 3.05) is 14.2 Å². The number of benzene rings is 1. The highest BCUT2D eigenvalue weighted by molar-refractivity contribution is 9.10. The lowest BCUT2D eigenvalue weighted by atomic mass is 10.1. The van der Waals surface area contributed by atoms with Gasteiger partial charge in [0.15, 0.2) is 11.5 Å². The minimum atomic E-state index is 0.0709. The van der Waals surface area contributed by atoms with E-state index >= 15 is 0 Å². The van der Waals surface area contributed by atoms with Gasteiger partial charge in [-0.05, 0) is 34.0 Å². The van der Waals surface area contributed by atoms with Crippen LogP contribution in [0, 0.1) is 0 Å². The van der Waals surface area contributed by atoms with Crippen molar-refractivity contribution in [3.05, 3.63) is 16.1 Å². The van der Waals surface area contributed by atoms with Gasteiger partial charge in [0.2, 0.25) is 0 Å². The van der Waals surface area contributed by atoms with E-state index in [1.54, 1.807) is 13.2 Å². The quantitative estimate of drug-likeness (QED) is 0.909. The number of phenolic OH excluding ortho intramolecular Hbond substituents is 1. The minimum Gasteiger partial charge on any atom is -0.503 e. The van der Waals surface area contributed by atoms with E-state index in [0.717, 1.165) is 12.0 Å². The van der Waals surface area contributed by atoms with Crippen LogP contribution in [0.2, 0.25) is 0 Å². The zero-order valence-corrected chi connectivity index (χ0v) is 10.0. The monoisotopic (exact) mass is 260 g/mol. The van der Waals surface area contributed by atoms with Gasteiger partial charge in [-0.15, -0.1) is 0 Å². The Balaban J connectivity index is 3.38. The third-order valence-corrected chi connectivity index (χ3v) is 2.78. The Bertz CT molecular complexity index is 337. The Morgan fingerprint density at radius 3 is 2.43 bits per heavy atom. The zero-order chi connectivity index (χ0) is 10.7. The molecule has 0 radical (unpaired) electrons. The summed E-state index contributed by atoms with van der Waals surface area (Å²) < 4.78 is 10.8. The van der Waals surface area contributed by atoms with Crippen LogP contribution in [0.1, 0.15) is 12.5 Å². The van der Waals surface area contributed by atoms with Gasteiger partial charge in [0.05, 0.1) is 14.2 Å². The number of aryl methyl sites for hydroxylation is 1. The van der Waals surface area contributed by atoms with Crippen LogP contribution in [0.4, 0.5) is 0 Å². The molecular formula is C10H13BrO3. The molecule has 0 spiro atoms. The Hall–Kier alpha value is -0.900. The summed E-state index contributed by atoms with van der Waals surface area (Å²) in [6.07, 6.45) is 0.818. The fourth-order valence-corrected chi connectivity index (χ4v) is 1.90. The molecule has 1 N–H and O–H groups in total. The first-order valence-corrected chi connectivity index (χ1v) is 5.07. The molecular weight excluding hydrogens is 248 g/mol. The van der Waals surface area contributed by atoms with Crippen molar-refractivity contribution in [3.8, 4) is 17.2 Å². The number of hydrogen-bond donors (Lipinski definition) is 1. The standard InChI is InChI=1S/C10H13BrO3/c1-4-6-5-7(13-2)9(12)8(11)10(6)14-3/h5,12H,4H2,1-3H3. The van der Waals surface area contributed by atoms with Crippen molar-refractivity contribution in [2.45, 2.75) is 13.3 Å². The maximum absolute atomic E-state index is 9.68. The van der Waals surface area contributed by atoms with Crippen LogP contribution in [0.25, 0.3) is 0 Å². The molecule has 1 rings (SSSR count). The van der Waals surface area contributed by atoms with Gasteiger partial charge in [-0.1, -0.05) is 6.92 Å². The minimum absolute atomic E-state index is 0.0709. The van der Waals surface area contributed by atoms with E-state index < -0.39 is 0 Å². The normalized spacial score (nSPS) is 10.0. The van der Waals surface area contributed by atoms with Gasteiger partial charge in [-0.25, -0.2) is 0 Å². The number of rotatable bonds is 3. The van der Waals surface area contributed by atoms with Gasteiger partial charge in [0, 0.05) is 0 Å². The van der Waals surface area contributed by atoms with Gasteiger partial charge < -0.3 is 14.6 Å². The summed E-state index contributed by atoms with van der Waals surface area (Å²) in [6, 6.07) is 1.78. The fourth-order valence-electron chi connectivity index (χ4n) is 1.29. The summed E-state index contributed by atoms with van der Waals surface area (Å²) in [5.74, 6) is 1.18. The summed E-state index contributed by atoms with van der Waals surface area (Å²) in [5, 5.41) is 9.68. The van der Waals surface area contributed by atoms with E-state index in [4.69, 9.17) is 9.47 Å². The van der Waals surface area contributed by atoms with E-state index in [1.807, 2.05) is 6.92 Å². The predicted octanol–water partition coefficient (Wildman–Crippen LogP) is 2.73. The first-order valence-electron chi connectivity index (χ1n) is 4.28. The van der Waals surface area contributed by atoms with Crippen LogP contribution in [0.3, 0.4) is 0 Å². The average molecular weight is 261 g/mol. The maximum atomic E-state index is 9.68. The molecule has 0 unspecified atom stereocenters. The third-order valence-electron chi connectivity index (χ3n) is 2.04. The highest BCUT2D eigenvalue weighted by Crippen LogP contribution is 2.43. The molecule has 14 heavy (non-hydrogen) atoms. The lowest BCUT2D eigenvalue weighted by Crippen LogP contribution is -1.94. The molecule has 1 aromatic carbocycles. The predicted molar refractivity (Wildman–Crippen MR) is 58.3 cm³/mol. The van der Waals surface area contributed by atoms with Crippen LogP contribution in [-0.2, 0) is 6.42 Å². The van der Waals surface area contributed by atoms with Gasteiger partial charge in [0.1, 0.15) is 10.2 Å². The first kappa shape index (κ1) is 11.2. The van der Waals surface area contributed by atoms with E-state index in [9.17, 15) is 5.11 Å². The largest absolute Gasteiger partial charge is 0.503 e. The topological polar surface area (TPSA) is 38.7 Å². The molecule has 0 aromatic heterocycles. The van der Waals surface area contributed by atoms with Gasteiger partial charge in [0.25, 0.3) is 0 Å². The van der Waals surface area contributed by atoms with Crippen LogP contribution in [0.15, 0.2) is 10.5 Å². The fraction of sp³-hybridized carbons (Fsp3) is 0.400. The summed E-state index contributed by atoms with van der Waals surface area (Å²) in [6.45, 7) is 2.01. The molecule has 0 fully saturated rings. The van der Waals surface area contributed by atoms with Crippen molar-refractivity contribution in [1.29, 1.82) is 0 Å². The first-order chi connectivity index (χ1) is 6.65. The second-order valence-electron chi connectivity index (χ2n) is 2.79. The smallest absolute Gasteiger partial charge is 0.176 e. The highest BCUT2D eigenvalue weighted by Gasteiger charge is 2.15. The molecule has 4 heteroatoms. The molecule has 0 saturated heterocycles. The van der Waals surface area contributed by atoms with Crippen LogP contribution in [-0.4, -0.2) is 19.3 Å². The molecule has 0 atom stereocenters. The Labute approximate surface area is 91.8 Å². The van der Waals surface area contributed by atoms with Gasteiger partial charge >= 0.3 is 0 Å². The average Bonchev–Trinajstić information content (AvgIpc) is 2.21. The van der Waals surface area contributed by atoms with Crippen molar-refractivity contribution in [3.63, 3.8) is 0 Å². The van der Waals surface area contributed by atoms with Crippen LogP contribution >= 0.6 is 15.9 Å². The summed E-state index contributed by atoms with van der Waals surface area (Å²) in [7, 11) is 3.10. The maximum Gasteiger partial charge on any atom is 0.176 e. The molecule has 3 nitrogen and oxygen atoms in total. The molecule has 0 heterocycles. The molecule has 1 aromatic rings. The van der Waals surface area contributed by atoms with E-state index in [-0.39, 0.29) is 5.75 Å². The SMILES string of the molecule is CCc1cc(OC)c(O)c(Br)c1OC. The molecule has 0 aliphatic rings. The molecule has 0 saturated carbocycles. The lowest BCUT2D eigenvalue weighted by Gasteiger charge is -2.13. The summed E-state index contributed by atoms with van der Waals surface area (Å²) >= 11 is 3.27. The van der Waals surface area contributed by atoms with Gasteiger partial charge in [-0.2, -0.15) is 0 Å². The third kappa shape index (κ3) is 1.80. The number of hydrogen-bond acceptors (Lipinski definition) is 3. The highest BCUT2D eigenvalue weighted by atomic mass is 79.9.